The number of hydrogen-bond acceptors (Lipinski definition) is 3. The van der Waals surface area contributed by atoms with Crippen molar-refractivity contribution in [2.45, 2.75) is 38.5 Å². The number of carbonyl (C=O) groups is 1. The highest BCUT2D eigenvalue weighted by atomic mass is 19.1. The zero-order chi connectivity index (χ0) is 18.7. The number of amides is 1. The van der Waals surface area contributed by atoms with Gasteiger partial charge in [0.1, 0.15) is 5.82 Å². The van der Waals surface area contributed by atoms with E-state index in [2.05, 4.69) is 10.4 Å². The number of nitrogens with zero attached hydrogens (tertiary/aromatic N) is 2. The molecule has 5 nitrogen and oxygen atoms in total. The van der Waals surface area contributed by atoms with E-state index in [1.807, 2.05) is 25.6 Å². The molecule has 2 heterocycles. The summed E-state index contributed by atoms with van der Waals surface area (Å²) in [7, 11) is 1.92. The zero-order valence-corrected chi connectivity index (χ0v) is 15.6. The molecule has 3 rings (SSSR count). The molecular weight excluding hydrogens is 333 g/mol. The van der Waals surface area contributed by atoms with E-state index in [-0.39, 0.29) is 17.1 Å². The second-order valence-electron chi connectivity index (χ2n) is 7.14. The van der Waals surface area contributed by atoms with Crippen molar-refractivity contribution < 1.29 is 13.9 Å². The fourth-order valence-electron chi connectivity index (χ4n) is 3.65. The lowest BCUT2D eigenvalue weighted by Crippen LogP contribution is -2.41. The number of carbonyl (C=O) groups excluding carboxylic acids is 1. The first-order chi connectivity index (χ1) is 12.4. The zero-order valence-electron chi connectivity index (χ0n) is 15.6. The monoisotopic (exact) mass is 359 g/mol. The number of benzene rings is 1. The molecule has 1 atom stereocenters. The minimum atomic E-state index is -0.274. The summed E-state index contributed by atoms with van der Waals surface area (Å²) in [5.74, 6) is -0.241. The molecule has 1 amide bonds. The van der Waals surface area contributed by atoms with Crippen molar-refractivity contribution in [1.29, 1.82) is 0 Å². The molecule has 2 aromatic rings. The third-order valence-electron chi connectivity index (χ3n) is 5.44. The van der Waals surface area contributed by atoms with Crippen molar-refractivity contribution in [2.24, 2.45) is 7.05 Å². The molecule has 1 aromatic heterocycles. The van der Waals surface area contributed by atoms with Gasteiger partial charge in [0.2, 0.25) is 5.91 Å². The number of rotatable bonds is 6. The van der Waals surface area contributed by atoms with Crippen molar-refractivity contribution in [2.75, 3.05) is 19.8 Å². The predicted octanol–water partition coefficient (Wildman–Crippen LogP) is 2.58. The normalized spacial score (nSPS) is 19.7. The molecule has 1 fully saturated rings. The molecule has 26 heavy (non-hydrogen) atoms. The Balaban J connectivity index is 1.61. The summed E-state index contributed by atoms with van der Waals surface area (Å²) >= 11 is 0. The Kier molecular flexibility index (Phi) is 5.41. The average Bonchev–Trinajstić information content (AvgIpc) is 3.19. The van der Waals surface area contributed by atoms with Crippen LogP contribution in [0.5, 0.6) is 0 Å². The maximum atomic E-state index is 13.2. The Bertz CT molecular complexity index is 777. The van der Waals surface area contributed by atoms with Gasteiger partial charge in [-0.3, -0.25) is 9.48 Å². The highest BCUT2D eigenvalue weighted by Crippen LogP contribution is 2.32. The minimum Gasteiger partial charge on any atom is -0.380 e. The summed E-state index contributed by atoms with van der Waals surface area (Å²) in [6, 6.07) is 6.51. The lowest BCUT2D eigenvalue weighted by atomic mass is 9.79. The molecule has 0 radical (unpaired) electrons. The maximum absolute atomic E-state index is 13.2. The van der Waals surface area contributed by atoms with Gasteiger partial charge in [0.05, 0.1) is 12.3 Å². The van der Waals surface area contributed by atoms with Crippen LogP contribution in [0.1, 0.15) is 35.4 Å². The Morgan fingerprint density at radius 3 is 2.65 bits per heavy atom. The van der Waals surface area contributed by atoms with Crippen LogP contribution in [-0.2, 0) is 28.4 Å². The number of hydrogen-bond donors (Lipinski definition) is 1. The molecule has 1 N–H and O–H groups in total. The SMILES string of the molecule is Cc1nn(C)c(C)c1CCC(=O)NC[C@]1(c2ccc(F)cc2)CCOC1. The smallest absolute Gasteiger partial charge is 0.220 e. The molecule has 1 aromatic carbocycles. The molecule has 0 saturated carbocycles. The molecule has 0 aliphatic carbocycles. The molecule has 1 saturated heterocycles. The third-order valence-corrected chi connectivity index (χ3v) is 5.44. The van der Waals surface area contributed by atoms with Gasteiger partial charge in [0.25, 0.3) is 0 Å². The van der Waals surface area contributed by atoms with Crippen molar-refractivity contribution >= 4 is 5.91 Å². The topological polar surface area (TPSA) is 56.2 Å². The van der Waals surface area contributed by atoms with Gasteiger partial charge in [-0.2, -0.15) is 5.10 Å². The molecule has 0 spiro atoms. The van der Waals surface area contributed by atoms with Crippen LogP contribution < -0.4 is 5.32 Å². The lowest BCUT2D eigenvalue weighted by Gasteiger charge is -2.28. The average molecular weight is 359 g/mol. The van der Waals surface area contributed by atoms with E-state index in [9.17, 15) is 9.18 Å². The second-order valence-corrected chi connectivity index (χ2v) is 7.14. The minimum absolute atomic E-state index is 0.0149. The van der Waals surface area contributed by atoms with Gasteiger partial charge < -0.3 is 10.1 Å². The summed E-state index contributed by atoms with van der Waals surface area (Å²) in [6.45, 7) is 5.69. The Hall–Kier alpha value is -2.21. The molecule has 1 aliphatic heterocycles. The van der Waals surface area contributed by atoms with Crippen LogP contribution in [0.15, 0.2) is 24.3 Å². The van der Waals surface area contributed by atoms with Crippen LogP contribution in [0, 0.1) is 19.7 Å². The van der Waals surface area contributed by atoms with E-state index in [1.54, 1.807) is 12.1 Å². The summed E-state index contributed by atoms with van der Waals surface area (Å²) in [5.41, 5.74) is 3.95. The summed E-state index contributed by atoms with van der Waals surface area (Å²) in [5, 5.41) is 7.45. The van der Waals surface area contributed by atoms with E-state index in [0.717, 1.165) is 28.9 Å². The van der Waals surface area contributed by atoms with Crippen LogP contribution in [0.3, 0.4) is 0 Å². The van der Waals surface area contributed by atoms with Crippen molar-refractivity contribution in [1.82, 2.24) is 15.1 Å². The summed E-state index contributed by atoms with van der Waals surface area (Å²) in [4.78, 5) is 12.4. The van der Waals surface area contributed by atoms with Crippen LogP contribution in [0.4, 0.5) is 4.39 Å². The quantitative estimate of drug-likeness (QED) is 0.862. The van der Waals surface area contributed by atoms with Gasteiger partial charge in [-0.15, -0.1) is 0 Å². The molecule has 0 bridgehead atoms. The molecule has 6 heteroatoms. The number of aryl methyl sites for hydroxylation is 2. The molecule has 0 unspecified atom stereocenters. The first-order valence-electron chi connectivity index (χ1n) is 9.01. The van der Waals surface area contributed by atoms with Gasteiger partial charge in [-0.05, 0) is 49.9 Å². The Morgan fingerprint density at radius 1 is 1.35 bits per heavy atom. The van der Waals surface area contributed by atoms with Crippen molar-refractivity contribution in [3.63, 3.8) is 0 Å². The number of ether oxygens (including phenoxy) is 1. The first-order valence-corrected chi connectivity index (χ1v) is 9.01. The van der Waals surface area contributed by atoms with Crippen LogP contribution in [0.2, 0.25) is 0 Å². The number of halogens is 1. The van der Waals surface area contributed by atoms with Gasteiger partial charge in [-0.25, -0.2) is 4.39 Å². The summed E-state index contributed by atoms with van der Waals surface area (Å²) < 4.78 is 20.7. The Labute approximate surface area is 153 Å². The van der Waals surface area contributed by atoms with Crippen LogP contribution in [-0.4, -0.2) is 35.4 Å². The van der Waals surface area contributed by atoms with Gasteiger partial charge in [-0.1, -0.05) is 12.1 Å². The van der Waals surface area contributed by atoms with E-state index in [4.69, 9.17) is 4.74 Å². The lowest BCUT2D eigenvalue weighted by molar-refractivity contribution is -0.121. The van der Waals surface area contributed by atoms with E-state index >= 15 is 0 Å². The maximum Gasteiger partial charge on any atom is 0.220 e. The fourth-order valence-corrected chi connectivity index (χ4v) is 3.65. The highest BCUT2D eigenvalue weighted by molar-refractivity contribution is 5.76. The van der Waals surface area contributed by atoms with E-state index in [1.165, 1.54) is 12.1 Å². The largest absolute Gasteiger partial charge is 0.380 e. The van der Waals surface area contributed by atoms with E-state index < -0.39 is 0 Å². The molecule has 1 aliphatic rings. The predicted molar refractivity (Wildman–Crippen MR) is 97.5 cm³/mol. The molecule has 140 valence electrons. The van der Waals surface area contributed by atoms with Gasteiger partial charge in [0, 0.05) is 37.7 Å². The first kappa shape index (κ1) is 18.6. The molecular formula is C20H26FN3O2. The summed E-state index contributed by atoms with van der Waals surface area (Å²) in [6.07, 6.45) is 1.92. The number of nitrogens with one attached hydrogen (secondary N) is 1. The highest BCUT2D eigenvalue weighted by Gasteiger charge is 2.37. The standard InChI is InChI=1S/C20H26FN3O2/c1-14-18(15(2)24(3)23-14)8-9-19(25)22-12-20(10-11-26-13-20)16-4-6-17(21)7-5-16/h4-7H,8-13H2,1-3H3,(H,22,25)/t20-/m1/s1. The van der Waals surface area contributed by atoms with Crippen LogP contribution >= 0.6 is 0 Å². The van der Waals surface area contributed by atoms with Crippen molar-refractivity contribution in [3.05, 3.63) is 52.6 Å². The van der Waals surface area contributed by atoms with Crippen LogP contribution in [0.25, 0.3) is 0 Å². The second kappa shape index (κ2) is 7.58. The van der Waals surface area contributed by atoms with E-state index in [0.29, 0.717) is 32.6 Å². The fraction of sp³-hybridized carbons (Fsp3) is 0.500. The van der Waals surface area contributed by atoms with Gasteiger partial charge >= 0.3 is 0 Å². The van der Waals surface area contributed by atoms with Gasteiger partial charge in [0.15, 0.2) is 0 Å². The number of aromatic nitrogens is 2. The third kappa shape index (κ3) is 3.80. The van der Waals surface area contributed by atoms with Crippen molar-refractivity contribution in [3.8, 4) is 0 Å². The Morgan fingerprint density at radius 2 is 2.08 bits per heavy atom.